The van der Waals surface area contributed by atoms with E-state index in [-0.39, 0.29) is 11.2 Å². The number of rotatable bonds is 5. The minimum absolute atomic E-state index is 0.279. The van der Waals surface area contributed by atoms with Crippen molar-refractivity contribution in [2.75, 3.05) is 0 Å². The van der Waals surface area contributed by atoms with Gasteiger partial charge in [-0.15, -0.1) is 0 Å². The zero-order valence-corrected chi connectivity index (χ0v) is 13.3. The summed E-state index contributed by atoms with van der Waals surface area (Å²) in [6.45, 7) is 8.79. The topological polar surface area (TPSA) is 30.0 Å². The highest BCUT2D eigenvalue weighted by Gasteiger charge is 2.18. The van der Waals surface area contributed by atoms with Gasteiger partial charge < -0.3 is 0 Å². The van der Waals surface area contributed by atoms with Gasteiger partial charge in [0, 0.05) is 29.2 Å². The Morgan fingerprint density at radius 3 is 2.56 bits per heavy atom. The molecule has 0 aliphatic rings. The third-order valence-corrected chi connectivity index (χ3v) is 3.17. The van der Waals surface area contributed by atoms with Gasteiger partial charge in [-0.1, -0.05) is 27.7 Å². The molecule has 18 heavy (non-hydrogen) atoms. The number of nitrogens with zero attached hydrogens (tertiary/aromatic N) is 1. The van der Waals surface area contributed by atoms with Gasteiger partial charge in [-0.05, 0) is 45.8 Å². The molecule has 1 heterocycles. The fourth-order valence-corrected chi connectivity index (χ4v) is 2.53. The largest absolute Gasteiger partial charge is 0.299 e. The molecule has 0 saturated heterocycles. The molecule has 0 amide bonds. The van der Waals surface area contributed by atoms with Crippen LogP contribution in [-0.4, -0.2) is 10.8 Å². The van der Waals surface area contributed by atoms with Crippen LogP contribution in [0.15, 0.2) is 22.8 Å². The predicted molar refractivity (Wildman–Crippen MR) is 78.5 cm³/mol. The molecular formula is C15H22BrNO. The summed E-state index contributed by atoms with van der Waals surface area (Å²) in [4.78, 5) is 16.2. The lowest BCUT2D eigenvalue weighted by molar-refractivity contribution is -0.119. The molecule has 1 atom stereocenters. The van der Waals surface area contributed by atoms with Crippen LogP contribution in [0.3, 0.4) is 0 Å². The van der Waals surface area contributed by atoms with Crippen molar-refractivity contribution in [1.29, 1.82) is 0 Å². The summed E-state index contributed by atoms with van der Waals surface area (Å²) in [6, 6.07) is 3.82. The van der Waals surface area contributed by atoms with Crippen molar-refractivity contribution >= 4 is 21.7 Å². The van der Waals surface area contributed by atoms with Gasteiger partial charge >= 0.3 is 0 Å². The van der Waals surface area contributed by atoms with Gasteiger partial charge in [-0.2, -0.15) is 0 Å². The van der Waals surface area contributed by atoms with Crippen LogP contribution >= 0.6 is 15.9 Å². The van der Waals surface area contributed by atoms with E-state index in [1.54, 1.807) is 6.20 Å². The van der Waals surface area contributed by atoms with Crippen LogP contribution < -0.4 is 0 Å². The van der Waals surface area contributed by atoms with Crippen molar-refractivity contribution in [3.8, 4) is 0 Å². The summed E-state index contributed by atoms with van der Waals surface area (Å²) < 4.78 is 0.944. The molecule has 1 aromatic rings. The lowest BCUT2D eigenvalue weighted by atomic mass is 9.83. The molecule has 2 nitrogen and oxygen atoms in total. The predicted octanol–water partition coefficient (Wildman–Crippen LogP) is 4.42. The first-order chi connectivity index (χ1) is 8.26. The Morgan fingerprint density at radius 2 is 2.06 bits per heavy atom. The fourth-order valence-electron chi connectivity index (χ4n) is 2.29. The maximum Gasteiger partial charge on any atom is 0.139 e. The molecule has 1 unspecified atom stereocenters. The van der Waals surface area contributed by atoms with Crippen LogP contribution in [0.2, 0.25) is 0 Å². The zero-order valence-electron chi connectivity index (χ0n) is 11.7. The Kier molecular flexibility index (Phi) is 5.51. The van der Waals surface area contributed by atoms with Gasteiger partial charge in [0.25, 0.3) is 0 Å². The van der Waals surface area contributed by atoms with E-state index >= 15 is 0 Å². The molecule has 0 saturated carbocycles. The lowest BCUT2D eigenvalue weighted by Gasteiger charge is -2.22. The van der Waals surface area contributed by atoms with E-state index in [2.05, 4.69) is 48.6 Å². The number of aromatic nitrogens is 1. The number of pyridine rings is 1. The Bertz CT molecular complexity index is 392. The first kappa shape index (κ1) is 15.4. The van der Waals surface area contributed by atoms with Crippen molar-refractivity contribution in [3.63, 3.8) is 0 Å². The second-order valence-corrected chi connectivity index (χ2v) is 7.17. The first-order valence-electron chi connectivity index (χ1n) is 6.38. The molecule has 0 aromatic carbocycles. The summed E-state index contributed by atoms with van der Waals surface area (Å²) in [6.07, 6.45) is 3.91. The number of carbonyl (C=O) groups is 1. The molecule has 0 aliphatic carbocycles. The van der Waals surface area contributed by atoms with Crippen LogP contribution in [0.1, 0.15) is 46.2 Å². The number of hydrogen-bond acceptors (Lipinski definition) is 2. The van der Waals surface area contributed by atoms with Crippen LogP contribution in [0, 0.1) is 11.3 Å². The Labute approximate surface area is 118 Å². The van der Waals surface area contributed by atoms with E-state index in [1.165, 1.54) is 0 Å². The van der Waals surface area contributed by atoms with Gasteiger partial charge in [0.1, 0.15) is 5.78 Å². The molecule has 0 spiro atoms. The van der Waals surface area contributed by atoms with Gasteiger partial charge in [-0.3, -0.25) is 9.78 Å². The molecular weight excluding hydrogens is 290 g/mol. The van der Waals surface area contributed by atoms with E-state index in [0.29, 0.717) is 18.8 Å². The summed E-state index contributed by atoms with van der Waals surface area (Å²) in [5, 5.41) is 0. The van der Waals surface area contributed by atoms with Gasteiger partial charge in [0.2, 0.25) is 0 Å². The fraction of sp³-hybridized carbons (Fsp3) is 0.600. The number of Topliss-reactive ketones (excluding diaryl/α,β-unsaturated/α-hetero) is 1. The highest BCUT2D eigenvalue weighted by molar-refractivity contribution is 9.10. The van der Waals surface area contributed by atoms with Crippen LogP contribution in [0.25, 0.3) is 0 Å². The summed E-state index contributed by atoms with van der Waals surface area (Å²) in [5.41, 5.74) is 1.14. The van der Waals surface area contributed by atoms with Crippen LogP contribution in [-0.2, 0) is 11.2 Å². The second-order valence-electron chi connectivity index (χ2n) is 6.26. The molecule has 1 rings (SSSR count). The number of ketones is 1. The SMILES string of the molecule is CC(CC(=O)Cc1ccc(Br)cn1)CC(C)(C)C. The van der Waals surface area contributed by atoms with Crippen molar-refractivity contribution in [3.05, 3.63) is 28.5 Å². The van der Waals surface area contributed by atoms with E-state index in [1.807, 2.05) is 12.1 Å². The smallest absolute Gasteiger partial charge is 0.139 e. The van der Waals surface area contributed by atoms with Crippen molar-refractivity contribution in [2.45, 2.75) is 47.0 Å². The average Bonchev–Trinajstić information content (AvgIpc) is 2.18. The summed E-state index contributed by atoms with van der Waals surface area (Å²) in [7, 11) is 0. The minimum atomic E-state index is 0.279. The number of carbonyl (C=O) groups excluding carboxylic acids is 1. The standard InChI is InChI=1S/C15H22BrNO/c1-11(9-15(2,3)4)7-14(18)8-13-6-5-12(16)10-17-13/h5-6,10-11H,7-9H2,1-4H3. The second kappa shape index (κ2) is 6.46. The molecule has 0 N–H and O–H groups in total. The Balaban J connectivity index is 2.44. The van der Waals surface area contributed by atoms with Crippen molar-refractivity contribution in [2.24, 2.45) is 11.3 Å². The molecule has 0 bridgehead atoms. The highest BCUT2D eigenvalue weighted by atomic mass is 79.9. The minimum Gasteiger partial charge on any atom is -0.299 e. The molecule has 0 aliphatic heterocycles. The van der Waals surface area contributed by atoms with Crippen molar-refractivity contribution in [1.82, 2.24) is 4.98 Å². The molecule has 100 valence electrons. The van der Waals surface area contributed by atoms with E-state index in [9.17, 15) is 4.79 Å². The van der Waals surface area contributed by atoms with Crippen molar-refractivity contribution < 1.29 is 4.79 Å². The maximum absolute atomic E-state index is 11.9. The molecule has 0 fully saturated rings. The summed E-state index contributed by atoms with van der Waals surface area (Å²) >= 11 is 3.34. The van der Waals surface area contributed by atoms with Crippen LogP contribution in [0.5, 0.6) is 0 Å². The van der Waals surface area contributed by atoms with E-state index in [4.69, 9.17) is 0 Å². The number of hydrogen-bond donors (Lipinski definition) is 0. The van der Waals surface area contributed by atoms with Gasteiger partial charge in [-0.25, -0.2) is 0 Å². The lowest BCUT2D eigenvalue weighted by Crippen LogP contribution is -2.15. The monoisotopic (exact) mass is 311 g/mol. The molecule has 3 heteroatoms. The molecule has 1 aromatic heterocycles. The van der Waals surface area contributed by atoms with E-state index in [0.717, 1.165) is 16.6 Å². The number of halogens is 1. The van der Waals surface area contributed by atoms with E-state index < -0.39 is 0 Å². The third-order valence-electron chi connectivity index (χ3n) is 2.70. The maximum atomic E-state index is 11.9. The first-order valence-corrected chi connectivity index (χ1v) is 7.18. The van der Waals surface area contributed by atoms with Gasteiger partial charge in [0.15, 0.2) is 0 Å². The normalized spacial score (nSPS) is 13.4. The third kappa shape index (κ3) is 6.29. The quantitative estimate of drug-likeness (QED) is 0.805. The zero-order chi connectivity index (χ0) is 13.8. The Hall–Kier alpha value is -0.700. The molecule has 0 radical (unpaired) electrons. The highest BCUT2D eigenvalue weighted by Crippen LogP contribution is 2.26. The average molecular weight is 312 g/mol. The summed E-state index contributed by atoms with van der Waals surface area (Å²) in [5.74, 6) is 0.717. The Morgan fingerprint density at radius 1 is 1.39 bits per heavy atom. The van der Waals surface area contributed by atoms with Gasteiger partial charge in [0.05, 0.1) is 0 Å². The van der Waals surface area contributed by atoms with Crippen LogP contribution in [0.4, 0.5) is 0 Å².